The third-order valence-corrected chi connectivity index (χ3v) is 3.38. The van der Waals surface area contributed by atoms with Crippen molar-refractivity contribution >= 4 is 27.3 Å². The van der Waals surface area contributed by atoms with Crippen molar-refractivity contribution in [3.05, 3.63) is 52.8 Å². The van der Waals surface area contributed by atoms with Gasteiger partial charge in [0.1, 0.15) is 0 Å². The van der Waals surface area contributed by atoms with Crippen LogP contribution in [0.2, 0.25) is 0 Å². The highest BCUT2D eigenvalue weighted by molar-refractivity contribution is 9.10. The molecule has 0 atom stereocenters. The highest BCUT2D eigenvalue weighted by Crippen LogP contribution is 2.25. The predicted octanol–water partition coefficient (Wildman–Crippen LogP) is 3.11. The molecule has 1 heterocycles. The molecule has 18 heavy (non-hydrogen) atoms. The van der Waals surface area contributed by atoms with E-state index in [1.54, 1.807) is 0 Å². The number of pyridine rings is 1. The predicted molar refractivity (Wildman–Crippen MR) is 79.8 cm³/mol. The van der Waals surface area contributed by atoms with Gasteiger partial charge in [-0.05, 0) is 42.3 Å². The molecule has 0 saturated carbocycles. The second kappa shape index (κ2) is 5.87. The molecular weight excluding hydrogens is 290 g/mol. The zero-order chi connectivity index (χ0) is 13.0. The van der Waals surface area contributed by atoms with Crippen molar-refractivity contribution in [2.75, 3.05) is 24.2 Å². The van der Waals surface area contributed by atoms with Gasteiger partial charge in [0.2, 0.25) is 0 Å². The minimum Gasteiger partial charge on any atom is -0.397 e. The molecule has 0 aliphatic heterocycles. The molecule has 0 fully saturated rings. The topological polar surface area (TPSA) is 42.2 Å². The Balaban J connectivity index is 2.01. The molecule has 0 saturated heterocycles. The van der Waals surface area contributed by atoms with Crippen LogP contribution in [0.15, 0.2) is 47.2 Å². The van der Waals surface area contributed by atoms with Crippen LogP contribution in [-0.4, -0.2) is 18.6 Å². The van der Waals surface area contributed by atoms with Crippen molar-refractivity contribution in [1.29, 1.82) is 0 Å². The number of likely N-dealkylation sites (N-methyl/N-ethyl adjacent to an activating group) is 1. The Morgan fingerprint density at radius 2 is 1.94 bits per heavy atom. The van der Waals surface area contributed by atoms with Crippen LogP contribution in [-0.2, 0) is 6.42 Å². The van der Waals surface area contributed by atoms with Gasteiger partial charge in [-0.25, -0.2) is 0 Å². The summed E-state index contributed by atoms with van der Waals surface area (Å²) in [5.74, 6) is 0. The number of aromatic nitrogens is 1. The Morgan fingerprint density at radius 1 is 1.22 bits per heavy atom. The van der Waals surface area contributed by atoms with Crippen molar-refractivity contribution in [3.8, 4) is 0 Å². The van der Waals surface area contributed by atoms with Gasteiger partial charge in [0, 0.05) is 30.5 Å². The lowest BCUT2D eigenvalue weighted by atomic mass is 10.2. The number of halogens is 1. The van der Waals surface area contributed by atoms with Crippen molar-refractivity contribution in [2.24, 2.45) is 0 Å². The van der Waals surface area contributed by atoms with Gasteiger partial charge in [-0.15, -0.1) is 0 Å². The molecule has 2 rings (SSSR count). The normalized spacial score (nSPS) is 10.3. The minimum atomic E-state index is 0.793. The molecule has 1 aromatic heterocycles. The summed E-state index contributed by atoms with van der Waals surface area (Å²) in [5.41, 5.74) is 9.15. The van der Waals surface area contributed by atoms with Crippen molar-refractivity contribution in [1.82, 2.24) is 4.98 Å². The molecule has 0 unspecified atom stereocenters. The van der Waals surface area contributed by atoms with Crippen LogP contribution in [0, 0.1) is 0 Å². The number of nitrogen functional groups attached to an aromatic ring is 1. The van der Waals surface area contributed by atoms with E-state index in [-0.39, 0.29) is 0 Å². The molecule has 0 spiro atoms. The van der Waals surface area contributed by atoms with Crippen molar-refractivity contribution < 1.29 is 0 Å². The number of rotatable bonds is 4. The Labute approximate surface area is 116 Å². The van der Waals surface area contributed by atoms with E-state index >= 15 is 0 Å². The third kappa shape index (κ3) is 3.23. The minimum absolute atomic E-state index is 0.793. The number of nitrogens with zero attached hydrogens (tertiary/aromatic N) is 2. The monoisotopic (exact) mass is 305 g/mol. The Morgan fingerprint density at radius 3 is 2.61 bits per heavy atom. The molecule has 3 nitrogen and oxygen atoms in total. The van der Waals surface area contributed by atoms with Crippen LogP contribution in [0.4, 0.5) is 11.4 Å². The smallest absolute Gasteiger partial charge is 0.0598 e. The van der Waals surface area contributed by atoms with E-state index in [2.05, 4.69) is 32.9 Å². The summed E-state index contributed by atoms with van der Waals surface area (Å²) in [6.45, 7) is 0.926. The van der Waals surface area contributed by atoms with Gasteiger partial charge in [-0.1, -0.05) is 15.9 Å². The lowest BCUT2D eigenvalue weighted by molar-refractivity contribution is 0.876. The van der Waals surface area contributed by atoms with Gasteiger partial charge < -0.3 is 10.6 Å². The first kappa shape index (κ1) is 12.9. The maximum Gasteiger partial charge on any atom is 0.0598 e. The number of benzene rings is 1. The molecule has 0 radical (unpaired) electrons. The highest BCUT2D eigenvalue weighted by atomic mass is 79.9. The first-order valence-electron chi connectivity index (χ1n) is 5.82. The van der Waals surface area contributed by atoms with Gasteiger partial charge >= 0.3 is 0 Å². The Kier molecular flexibility index (Phi) is 4.20. The number of hydrogen-bond donors (Lipinski definition) is 1. The maximum atomic E-state index is 6.01. The SMILES string of the molecule is CN(CCc1ccncc1)c1ccc(Br)cc1N. The highest BCUT2D eigenvalue weighted by Gasteiger charge is 2.05. The molecule has 0 aliphatic carbocycles. The fraction of sp³-hybridized carbons (Fsp3) is 0.214. The quantitative estimate of drug-likeness (QED) is 0.883. The molecule has 1 aromatic carbocycles. The Bertz CT molecular complexity index is 514. The van der Waals surface area contributed by atoms with E-state index in [1.807, 2.05) is 42.7 Å². The molecule has 94 valence electrons. The molecular formula is C14H16BrN3. The summed E-state index contributed by atoms with van der Waals surface area (Å²) in [6.07, 6.45) is 4.63. The van der Waals surface area contributed by atoms with Crippen LogP contribution in [0.3, 0.4) is 0 Å². The van der Waals surface area contributed by atoms with Crippen molar-refractivity contribution in [2.45, 2.75) is 6.42 Å². The van der Waals surface area contributed by atoms with E-state index in [4.69, 9.17) is 5.73 Å². The molecule has 0 bridgehead atoms. The van der Waals surface area contributed by atoms with Gasteiger partial charge in [0.05, 0.1) is 11.4 Å². The van der Waals surface area contributed by atoms with Gasteiger partial charge in [-0.2, -0.15) is 0 Å². The van der Waals surface area contributed by atoms with E-state index in [1.165, 1.54) is 5.56 Å². The number of anilines is 2. The van der Waals surface area contributed by atoms with Crippen LogP contribution in [0.25, 0.3) is 0 Å². The summed E-state index contributed by atoms with van der Waals surface area (Å²) >= 11 is 3.42. The van der Waals surface area contributed by atoms with Gasteiger partial charge in [-0.3, -0.25) is 4.98 Å². The molecule has 2 N–H and O–H groups in total. The zero-order valence-electron chi connectivity index (χ0n) is 10.3. The molecule has 4 heteroatoms. The van der Waals surface area contributed by atoms with Crippen LogP contribution >= 0.6 is 15.9 Å². The number of hydrogen-bond acceptors (Lipinski definition) is 3. The summed E-state index contributed by atoms with van der Waals surface area (Å²) in [6, 6.07) is 10.1. The molecule has 2 aromatic rings. The summed E-state index contributed by atoms with van der Waals surface area (Å²) in [4.78, 5) is 6.18. The average molecular weight is 306 g/mol. The van der Waals surface area contributed by atoms with E-state index in [9.17, 15) is 0 Å². The summed E-state index contributed by atoms with van der Waals surface area (Å²) < 4.78 is 1.01. The largest absolute Gasteiger partial charge is 0.397 e. The van der Waals surface area contributed by atoms with Crippen LogP contribution in [0.1, 0.15) is 5.56 Å². The molecule has 0 amide bonds. The second-order valence-electron chi connectivity index (χ2n) is 4.23. The van der Waals surface area contributed by atoms with Gasteiger partial charge in [0.25, 0.3) is 0 Å². The standard InChI is InChI=1S/C14H16BrN3/c1-18(9-6-11-4-7-17-8-5-11)14-3-2-12(15)10-13(14)16/h2-5,7-8,10H,6,9,16H2,1H3. The van der Waals surface area contributed by atoms with Crippen LogP contribution < -0.4 is 10.6 Å². The average Bonchev–Trinajstić information content (AvgIpc) is 2.37. The van der Waals surface area contributed by atoms with E-state index in [0.29, 0.717) is 0 Å². The fourth-order valence-electron chi connectivity index (χ4n) is 1.84. The third-order valence-electron chi connectivity index (χ3n) is 2.89. The summed E-state index contributed by atoms with van der Waals surface area (Å²) in [7, 11) is 2.06. The number of nitrogens with two attached hydrogens (primary N) is 1. The maximum absolute atomic E-state index is 6.01. The van der Waals surface area contributed by atoms with Crippen molar-refractivity contribution in [3.63, 3.8) is 0 Å². The zero-order valence-corrected chi connectivity index (χ0v) is 11.9. The first-order chi connectivity index (χ1) is 8.66. The first-order valence-corrected chi connectivity index (χ1v) is 6.61. The lowest BCUT2D eigenvalue weighted by Gasteiger charge is -2.21. The van der Waals surface area contributed by atoms with E-state index < -0.39 is 0 Å². The Hall–Kier alpha value is -1.55. The fourth-order valence-corrected chi connectivity index (χ4v) is 2.22. The van der Waals surface area contributed by atoms with Crippen LogP contribution in [0.5, 0.6) is 0 Å². The molecule has 0 aliphatic rings. The second-order valence-corrected chi connectivity index (χ2v) is 5.15. The van der Waals surface area contributed by atoms with E-state index in [0.717, 1.165) is 28.8 Å². The summed E-state index contributed by atoms with van der Waals surface area (Å²) in [5, 5.41) is 0. The van der Waals surface area contributed by atoms with Gasteiger partial charge in [0.15, 0.2) is 0 Å². The lowest BCUT2D eigenvalue weighted by Crippen LogP contribution is -2.21.